The molecule has 0 spiro atoms. The molecular formula is C13H18N2O2S. The van der Waals surface area contributed by atoms with Crippen LogP contribution in [-0.2, 0) is 10.0 Å². The van der Waals surface area contributed by atoms with E-state index in [0.717, 1.165) is 0 Å². The number of sulfonamides is 1. The zero-order valence-corrected chi connectivity index (χ0v) is 11.9. The van der Waals surface area contributed by atoms with Gasteiger partial charge in [0.25, 0.3) is 0 Å². The highest BCUT2D eigenvalue weighted by molar-refractivity contribution is 7.89. The molecule has 0 heterocycles. The molecule has 0 aliphatic carbocycles. The third kappa shape index (κ3) is 3.31. The Morgan fingerprint density at radius 3 is 2.33 bits per heavy atom. The van der Waals surface area contributed by atoms with Crippen molar-refractivity contribution in [3.63, 3.8) is 0 Å². The fraction of sp³-hybridized carbons (Fsp3) is 0.462. The molecule has 0 bridgehead atoms. The van der Waals surface area contributed by atoms with Gasteiger partial charge in [0.15, 0.2) is 0 Å². The summed E-state index contributed by atoms with van der Waals surface area (Å²) in [5.74, 6) is 0.222. The number of nitrogens with one attached hydrogen (secondary N) is 1. The van der Waals surface area contributed by atoms with E-state index in [4.69, 9.17) is 5.26 Å². The Morgan fingerprint density at radius 2 is 1.89 bits per heavy atom. The molecule has 1 unspecified atom stereocenters. The van der Waals surface area contributed by atoms with Gasteiger partial charge in [-0.15, -0.1) is 0 Å². The van der Waals surface area contributed by atoms with E-state index in [1.807, 2.05) is 26.8 Å². The molecule has 1 atom stereocenters. The monoisotopic (exact) mass is 266 g/mol. The van der Waals surface area contributed by atoms with Gasteiger partial charge in [0.2, 0.25) is 10.0 Å². The zero-order valence-electron chi connectivity index (χ0n) is 11.1. The fourth-order valence-electron chi connectivity index (χ4n) is 1.38. The predicted octanol–water partition coefficient (Wildman–Crippen LogP) is 2.19. The van der Waals surface area contributed by atoms with Gasteiger partial charge in [-0.25, -0.2) is 13.1 Å². The Kier molecular flexibility index (Phi) is 4.49. The Labute approximate surface area is 109 Å². The summed E-state index contributed by atoms with van der Waals surface area (Å²) < 4.78 is 26.8. The lowest BCUT2D eigenvalue weighted by Gasteiger charge is -2.17. The third-order valence-corrected chi connectivity index (χ3v) is 4.53. The van der Waals surface area contributed by atoms with Crippen LogP contribution < -0.4 is 4.72 Å². The molecular weight excluding hydrogens is 248 g/mol. The van der Waals surface area contributed by atoms with Crippen molar-refractivity contribution < 1.29 is 8.42 Å². The Morgan fingerprint density at radius 1 is 1.28 bits per heavy atom. The van der Waals surface area contributed by atoms with Crippen molar-refractivity contribution >= 4 is 10.0 Å². The Balaban J connectivity index is 3.07. The molecule has 98 valence electrons. The second-order valence-electron chi connectivity index (χ2n) is 4.74. The molecule has 0 aromatic heterocycles. The van der Waals surface area contributed by atoms with Crippen LogP contribution in [0.3, 0.4) is 0 Å². The van der Waals surface area contributed by atoms with Gasteiger partial charge in [-0.3, -0.25) is 0 Å². The van der Waals surface area contributed by atoms with E-state index in [1.54, 1.807) is 6.92 Å². The molecule has 0 saturated carbocycles. The van der Waals surface area contributed by atoms with Crippen LogP contribution in [0.25, 0.3) is 0 Å². The van der Waals surface area contributed by atoms with E-state index in [9.17, 15) is 8.42 Å². The van der Waals surface area contributed by atoms with Crippen LogP contribution in [0.1, 0.15) is 31.9 Å². The average molecular weight is 266 g/mol. The summed E-state index contributed by atoms with van der Waals surface area (Å²) >= 11 is 0. The molecule has 1 rings (SSSR count). The number of hydrogen-bond donors (Lipinski definition) is 1. The van der Waals surface area contributed by atoms with Crippen molar-refractivity contribution in [1.29, 1.82) is 5.26 Å². The van der Waals surface area contributed by atoms with Gasteiger partial charge in [0.1, 0.15) is 0 Å². The third-order valence-electron chi connectivity index (χ3n) is 2.97. The lowest BCUT2D eigenvalue weighted by Crippen LogP contribution is -2.36. The minimum atomic E-state index is -3.51. The first-order valence-corrected chi connectivity index (χ1v) is 7.29. The van der Waals surface area contributed by atoms with Gasteiger partial charge < -0.3 is 0 Å². The van der Waals surface area contributed by atoms with Crippen LogP contribution in [0.4, 0.5) is 0 Å². The maximum atomic E-state index is 12.1. The number of nitrogens with zero attached hydrogens (tertiary/aromatic N) is 1. The fourth-order valence-corrected chi connectivity index (χ4v) is 2.85. The van der Waals surface area contributed by atoms with E-state index in [2.05, 4.69) is 4.72 Å². The Hall–Kier alpha value is -1.38. The number of nitriles is 1. The topological polar surface area (TPSA) is 70.0 Å². The van der Waals surface area contributed by atoms with Crippen LogP contribution in [0.5, 0.6) is 0 Å². The summed E-state index contributed by atoms with van der Waals surface area (Å²) in [5, 5.41) is 8.82. The van der Waals surface area contributed by atoms with Gasteiger partial charge in [0.05, 0.1) is 16.5 Å². The number of rotatable bonds is 4. The molecule has 1 N–H and O–H groups in total. The summed E-state index contributed by atoms with van der Waals surface area (Å²) in [6.07, 6.45) is 0. The normalized spacial score (nSPS) is 13.3. The van der Waals surface area contributed by atoms with Crippen molar-refractivity contribution in [2.45, 2.75) is 38.6 Å². The van der Waals surface area contributed by atoms with Crippen LogP contribution in [0.15, 0.2) is 23.1 Å². The average Bonchev–Trinajstić information content (AvgIpc) is 2.28. The zero-order chi connectivity index (χ0) is 13.9. The molecule has 0 amide bonds. The smallest absolute Gasteiger partial charge is 0.208 e. The molecule has 4 nitrogen and oxygen atoms in total. The summed E-state index contributed by atoms with van der Waals surface area (Å²) in [5.41, 5.74) is 1.16. The van der Waals surface area contributed by atoms with E-state index >= 15 is 0 Å². The maximum absolute atomic E-state index is 12.1. The van der Waals surface area contributed by atoms with E-state index in [0.29, 0.717) is 11.1 Å². The maximum Gasteiger partial charge on any atom is 0.240 e. The van der Waals surface area contributed by atoms with Gasteiger partial charge >= 0.3 is 0 Å². The molecule has 5 heteroatoms. The number of aryl methyl sites for hydroxylation is 1. The van der Waals surface area contributed by atoms with Crippen molar-refractivity contribution in [2.75, 3.05) is 0 Å². The first kappa shape index (κ1) is 14.7. The van der Waals surface area contributed by atoms with E-state index in [-0.39, 0.29) is 16.9 Å². The van der Waals surface area contributed by atoms with Gasteiger partial charge in [-0.05, 0) is 43.5 Å². The summed E-state index contributed by atoms with van der Waals surface area (Å²) in [6, 6.07) is 6.40. The molecule has 0 radical (unpaired) electrons. The summed E-state index contributed by atoms with van der Waals surface area (Å²) in [7, 11) is -3.51. The highest BCUT2D eigenvalue weighted by Crippen LogP contribution is 2.16. The second kappa shape index (κ2) is 5.51. The van der Waals surface area contributed by atoms with Crippen LogP contribution in [-0.4, -0.2) is 14.5 Å². The highest BCUT2D eigenvalue weighted by Gasteiger charge is 2.19. The summed E-state index contributed by atoms with van der Waals surface area (Å²) in [4.78, 5) is 0.200. The van der Waals surface area contributed by atoms with Crippen LogP contribution >= 0.6 is 0 Å². The van der Waals surface area contributed by atoms with E-state index < -0.39 is 10.0 Å². The second-order valence-corrected chi connectivity index (χ2v) is 6.46. The highest BCUT2D eigenvalue weighted by atomic mass is 32.2. The minimum absolute atomic E-state index is 0.133. The van der Waals surface area contributed by atoms with Gasteiger partial charge in [-0.1, -0.05) is 13.8 Å². The standard InChI is InChI=1S/C13H18N2O2S/c1-9(2)11(4)15-18(16,17)13-6-5-12(8-14)10(3)7-13/h5-7,9,11,15H,1-4H3. The molecule has 0 fully saturated rings. The first-order valence-electron chi connectivity index (χ1n) is 5.81. The number of hydrogen-bond acceptors (Lipinski definition) is 3. The minimum Gasteiger partial charge on any atom is -0.208 e. The lowest BCUT2D eigenvalue weighted by atomic mass is 10.1. The summed E-state index contributed by atoms with van der Waals surface area (Å²) in [6.45, 7) is 7.47. The molecule has 0 aliphatic rings. The van der Waals surface area contributed by atoms with Crippen LogP contribution in [0.2, 0.25) is 0 Å². The van der Waals surface area contributed by atoms with E-state index in [1.165, 1.54) is 18.2 Å². The lowest BCUT2D eigenvalue weighted by molar-refractivity contribution is 0.476. The molecule has 18 heavy (non-hydrogen) atoms. The SMILES string of the molecule is Cc1cc(S(=O)(=O)NC(C)C(C)C)ccc1C#N. The van der Waals surface area contributed by atoms with Gasteiger partial charge in [-0.2, -0.15) is 5.26 Å². The van der Waals surface area contributed by atoms with Crippen LogP contribution in [0, 0.1) is 24.2 Å². The molecule has 1 aromatic rings. The largest absolute Gasteiger partial charge is 0.240 e. The van der Waals surface area contributed by atoms with Crippen molar-refractivity contribution in [3.05, 3.63) is 29.3 Å². The Bertz CT molecular complexity index is 571. The molecule has 0 aliphatic heterocycles. The molecule has 1 aromatic carbocycles. The number of benzene rings is 1. The van der Waals surface area contributed by atoms with Crippen molar-refractivity contribution in [1.82, 2.24) is 4.72 Å². The van der Waals surface area contributed by atoms with Gasteiger partial charge in [0, 0.05) is 6.04 Å². The predicted molar refractivity (Wildman–Crippen MR) is 70.5 cm³/mol. The van der Waals surface area contributed by atoms with Crippen molar-refractivity contribution in [2.24, 2.45) is 5.92 Å². The van der Waals surface area contributed by atoms with Crippen molar-refractivity contribution in [3.8, 4) is 6.07 Å². The first-order chi connectivity index (χ1) is 8.27. The quantitative estimate of drug-likeness (QED) is 0.908. The molecule has 0 saturated heterocycles.